The van der Waals surface area contributed by atoms with Gasteiger partial charge in [-0.3, -0.25) is 0 Å². The fourth-order valence-corrected chi connectivity index (χ4v) is 1.49. The normalized spacial score (nSPS) is 12.6. The molecule has 1 rings (SSSR count). The van der Waals surface area contributed by atoms with Crippen molar-refractivity contribution in [2.75, 3.05) is 13.7 Å². The van der Waals surface area contributed by atoms with Gasteiger partial charge >= 0.3 is 0 Å². The van der Waals surface area contributed by atoms with Gasteiger partial charge in [0.15, 0.2) is 11.5 Å². The highest BCUT2D eigenvalue weighted by Gasteiger charge is 2.10. The SMILES string of the molecule is COc1ccc(CC(C)N)cc1OCC(F)F. The molecule has 0 aliphatic carbocycles. The summed E-state index contributed by atoms with van der Waals surface area (Å²) in [5.74, 6) is 0.769. The van der Waals surface area contributed by atoms with Crippen molar-refractivity contribution in [2.45, 2.75) is 25.8 Å². The van der Waals surface area contributed by atoms with E-state index in [1.807, 2.05) is 13.0 Å². The van der Waals surface area contributed by atoms with E-state index < -0.39 is 13.0 Å². The van der Waals surface area contributed by atoms with E-state index in [1.54, 1.807) is 12.1 Å². The molecule has 1 aromatic carbocycles. The zero-order valence-electron chi connectivity index (χ0n) is 9.95. The van der Waals surface area contributed by atoms with E-state index in [4.69, 9.17) is 15.2 Å². The quantitative estimate of drug-likeness (QED) is 0.835. The average Bonchev–Trinajstić information content (AvgIpc) is 2.25. The summed E-state index contributed by atoms with van der Waals surface area (Å²) < 4.78 is 34.2. The zero-order chi connectivity index (χ0) is 12.8. The first-order valence-electron chi connectivity index (χ1n) is 5.36. The van der Waals surface area contributed by atoms with Crippen LogP contribution in [0.2, 0.25) is 0 Å². The minimum atomic E-state index is -2.50. The van der Waals surface area contributed by atoms with Gasteiger partial charge in [-0.15, -0.1) is 0 Å². The summed E-state index contributed by atoms with van der Waals surface area (Å²) in [4.78, 5) is 0. The van der Waals surface area contributed by atoms with Gasteiger partial charge in [0.1, 0.15) is 6.61 Å². The molecule has 0 amide bonds. The van der Waals surface area contributed by atoms with Crippen molar-refractivity contribution in [3.8, 4) is 11.5 Å². The van der Waals surface area contributed by atoms with Crippen LogP contribution in [0.25, 0.3) is 0 Å². The molecular weight excluding hydrogens is 228 g/mol. The van der Waals surface area contributed by atoms with E-state index in [2.05, 4.69) is 0 Å². The molecule has 96 valence electrons. The monoisotopic (exact) mass is 245 g/mol. The maximum absolute atomic E-state index is 12.1. The molecule has 0 aliphatic rings. The Morgan fingerprint density at radius 3 is 2.53 bits per heavy atom. The number of alkyl halides is 2. The van der Waals surface area contributed by atoms with Gasteiger partial charge < -0.3 is 15.2 Å². The predicted molar refractivity (Wildman–Crippen MR) is 61.8 cm³/mol. The smallest absolute Gasteiger partial charge is 0.272 e. The lowest BCUT2D eigenvalue weighted by Crippen LogP contribution is -2.17. The number of ether oxygens (including phenoxy) is 2. The third kappa shape index (κ3) is 4.56. The van der Waals surface area contributed by atoms with Crippen molar-refractivity contribution in [2.24, 2.45) is 5.73 Å². The topological polar surface area (TPSA) is 44.5 Å². The molecule has 0 saturated carbocycles. The molecule has 0 spiro atoms. The number of methoxy groups -OCH3 is 1. The molecule has 3 nitrogen and oxygen atoms in total. The van der Waals surface area contributed by atoms with Crippen molar-refractivity contribution < 1.29 is 18.3 Å². The van der Waals surface area contributed by atoms with Gasteiger partial charge in [0, 0.05) is 6.04 Å². The van der Waals surface area contributed by atoms with E-state index >= 15 is 0 Å². The second-order valence-electron chi connectivity index (χ2n) is 3.87. The molecular formula is C12H17F2NO2. The Morgan fingerprint density at radius 1 is 1.29 bits per heavy atom. The maximum atomic E-state index is 12.1. The molecule has 0 fully saturated rings. The number of hydrogen-bond donors (Lipinski definition) is 1. The van der Waals surface area contributed by atoms with Crippen LogP contribution in [0.1, 0.15) is 12.5 Å². The maximum Gasteiger partial charge on any atom is 0.272 e. The number of nitrogens with two attached hydrogens (primary N) is 1. The molecule has 0 bridgehead atoms. The third-order valence-corrected chi connectivity index (χ3v) is 2.15. The predicted octanol–water partition coefficient (Wildman–Crippen LogP) is 2.23. The van der Waals surface area contributed by atoms with Crippen LogP contribution in [-0.4, -0.2) is 26.2 Å². The Bertz CT molecular complexity index is 356. The molecule has 2 N–H and O–H groups in total. The summed E-state index contributed by atoms with van der Waals surface area (Å²) in [6.07, 6.45) is -1.84. The number of hydrogen-bond acceptors (Lipinski definition) is 3. The highest BCUT2D eigenvalue weighted by atomic mass is 19.3. The molecule has 1 atom stereocenters. The zero-order valence-corrected chi connectivity index (χ0v) is 9.95. The fraction of sp³-hybridized carbons (Fsp3) is 0.500. The van der Waals surface area contributed by atoms with Crippen molar-refractivity contribution in [1.29, 1.82) is 0 Å². The first-order valence-corrected chi connectivity index (χ1v) is 5.36. The molecule has 1 unspecified atom stereocenters. The highest BCUT2D eigenvalue weighted by Crippen LogP contribution is 2.28. The second kappa shape index (κ2) is 6.39. The van der Waals surface area contributed by atoms with Crippen LogP contribution in [0.5, 0.6) is 11.5 Å². The molecule has 17 heavy (non-hydrogen) atoms. The van der Waals surface area contributed by atoms with Crippen molar-refractivity contribution >= 4 is 0 Å². The highest BCUT2D eigenvalue weighted by molar-refractivity contribution is 5.43. The summed E-state index contributed by atoms with van der Waals surface area (Å²) in [6.45, 7) is 1.24. The lowest BCUT2D eigenvalue weighted by Gasteiger charge is -2.13. The van der Waals surface area contributed by atoms with Gasteiger partial charge in [-0.05, 0) is 31.0 Å². The minimum Gasteiger partial charge on any atom is -0.493 e. The van der Waals surface area contributed by atoms with Crippen molar-refractivity contribution in [1.82, 2.24) is 0 Å². The first-order chi connectivity index (χ1) is 8.02. The van der Waals surface area contributed by atoms with E-state index in [9.17, 15) is 8.78 Å². The van der Waals surface area contributed by atoms with Crippen LogP contribution in [0.3, 0.4) is 0 Å². The van der Waals surface area contributed by atoms with Crippen LogP contribution in [0, 0.1) is 0 Å². The summed E-state index contributed by atoms with van der Waals surface area (Å²) in [5, 5.41) is 0. The van der Waals surface area contributed by atoms with Crippen LogP contribution < -0.4 is 15.2 Å². The fourth-order valence-electron chi connectivity index (χ4n) is 1.49. The Labute approximate surface area is 99.5 Å². The van der Waals surface area contributed by atoms with Crippen LogP contribution in [0.4, 0.5) is 8.78 Å². The summed E-state index contributed by atoms with van der Waals surface area (Å²) >= 11 is 0. The standard InChI is InChI=1S/C12H17F2NO2/c1-8(15)5-9-3-4-10(16-2)11(6-9)17-7-12(13)14/h3-4,6,8,12H,5,7,15H2,1-2H3. The van der Waals surface area contributed by atoms with E-state index in [0.717, 1.165) is 5.56 Å². The summed E-state index contributed by atoms with van der Waals surface area (Å²) in [6, 6.07) is 5.23. The van der Waals surface area contributed by atoms with Gasteiger partial charge in [-0.25, -0.2) is 8.78 Å². The molecule has 5 heteroatoms. The Hall–Kier alpha value is -1.36. The second-order valence-corrected chi connectivity index (χ2v) is 3.87. The molecule has 0 aliphatic heterocycles. The van der Waals surface area contributed by atoms with Crippen LogP contribution in [-0.2, 0) is 6.42 Å². The summed E-state index contributed by atoms with van der Waals surface area (Å²) in [7, 11) is 1.47. The molecule has 0 aromatic heterocycles. The lowest BCUT2D eigenvalue weighted by atomic mass is 10.1. The van der Waals surface area contributed by atoms with E-state index in [0.29, 0.717) is 17.9 Å². The minimum absolute atomic E-state index is 0.00587. The van der Waals surface area contributed by atoms with Gasteiger partial charge in [-0.2, -0.15) is 0 Å². The number of halogens is 2. The molecule has 1 aromatic rings. The van der Waals surface area contributed by atoms with Crippen molar-refractivity contribution in [3.63, 3.8) is 0 Å². The van der Waals surface area contributed by atoms with Crippen LogP contribution >= 0.6 is 0 Å². The molecule has 0 heterocycles. The molecule has 0 saturated heterocycles. The lowest BCUT2D eigenvalue weighted by molar-refractivity contribution is 0.0804. The largest absolute Gasteiger partial charge is 0.493 e. The van der Waals surface area contributed by atoms with Gasteiger partial charge in [0.05, 0.1) is 7.11 Å². The number of rotatable bonds is 6. The van der Waals surface area contributed by atoms with Crippen molar-refractivity contribution in [3.05, 3.63) is 23.8 Å². The van der Waals surface area contributed by atoms with Crippen LogP contribution in [0.15, 0.2) is 18.2 Å². The number of benzene rings is 1. The Morgan fingerprint density at radius 2 is 2.00 bits per heavy atom. The van der Waals surface area contributed by atoms with E-state index in [-0.39, 0.29) is 6.04 Å². The Kier molecular flexibility index (Phi) is 5.15. The first kappa shape index (κ1) is 13.7. The van der Waals surface area contributed by atoms with Gasteiger partial charge in [-0.1, -0.05) is 6.07 Å². The third-order valence-electron chi connectivity index (χ3n) is 2.15. The molecule has 0 radical (unpaired) electrons. The Balaban J connectivity index is 2.82. The van der Waals surface area contributed by atoms with E-state index in [1.165, 1.54) is 7.11 Å². The summed E-state index contributed by atoms with van der Waals surface area (Å²) in [5.41, 5.74) is 6.61. The van der Waals surface area contributed by atoms with Gasteiger partial charge in [0.2, 0.25) is 0 Å². The van der Waals surface area contributed by atoms with Gasteiger partial charge in [0.25, 0.3) is 6.43 Å². The average molecular weight is 245 g/mol.